The molecule has 134 valence electrons. The van der Waals surface area contributed by atoms with Gasteiger partial charge in [-0.3, -0.25) is 0 Å². The van der Waals surface area contributed by atoms with Crippen molar-refractivity contribution in [2.24, 2.45) is 5.92 Å². The first kappa shape index (κ1) is 16.5. The Morgan fingerprint density at radius 2 is 2.24 bits per heavy atom. The van der Waals surface area contributed by atoms with Gasteiger partial charge < -0.3 is 9.26 Å². The largest absolute Gasteiger partial charge is 0.497 e. The third kappa shape index (κ3) is 2.55. The Morgan fingerprint density at radius 3 is 2.96 bits per heavy atom. The van der Waals surface area contributed by atoms with Gasteiger partial charge in [0.1, 0.15) is 5.75 Å². The molecule has 0 N–H and O–H groups in total. The lowest BCUT2D eigenvalue weighted by molar-refractivity contribution is 0.332. The molecule has 1 aliphatic heterocycles. The molecule has 1 aromatic carbocycles. The van der Waals surface area contributed by atoms with Gasteiger partial charge in [-0.15, -0.1) is 0 Å². The molecule has 25 heavy (non-hydrogen) atoms. The van der Waals surface area contributed by atoms with Crippen molar-refractivity contribution < 1.29 is 17.7 Å². The molecule has 0 bridgehead atoms. The van der Waals surface area contributed by atoms with E-state index in [1.807, 2.05) is 0 Å². The molecule has 2 aliphatic rings. The van der Waals surface area contributed by atoms with Crippen LogP contribution in [0.5, 0.6) is 5.75 Å². The van der Waals surface area contributed by atoms with Crippen LogP contribution in [-0.2, 0) is 15.4 Å². The van der Waals surface area contributed by atoms with E-state index >= 15 is 0 Å². The summed E-state index contributed by atoms with van der Waals surface area (Å²) in [6.07, 6.45) is 2.93. The van der Waals surface area contributed by atoms with Gasteiger partial charge in [-0.25, -0.2) is 8.42 Å². The van der Waals surface area contributed by atoms with Gasteiger partial charge in [0, 0.05) is 26.1 Å². The molecule has 1 saturated carbocycles. The van der Waals surface area contributed by atoms with E-state index in [0.29, 0.717) is 30.6 Å². The Balaban J connectivity index is 1.69. The lowest BCUT2D eigenvalue weighted by Gasteiger charge is -2.24. The molecule has 0 unspecified atom stereocenters. The zero-order valence-electron chi connectivity index (χ0n) is 14.3. The number of benzene rings is 1. The molecule has 1 aliphatic carbocycles. The molecule has 2 fully saturated rings. The van der Waals surface area contributed by atoms with Crippen LogP contribution < -0.4 is 4.74 Å². The zero-order chi connectivity index (χ0) is 17.7. The molecule has 0 radical (unpaired) electrons. The third-order valence-electron chi connectivity index (χ3n) is 5.49. The number of methoxy groups -OCH3 is 1. The number of hydrogen-bond acceptors (Lipinski definition) is 6. The van der Waals surface area contributed by atoms with Crippen LogP contribution in [0, 0.1) is 12.8 Å². The van der Waals surface area contributed by atoms with Crippen LogP contribution in [0.3, 0.4) is 0 Å². The third-order valence-corrected chi connectivity index (χ3v) is 7.30. The summed E-state index contributed by atoms with van der Waals surface area (Å²) in [6.45, 7) is 2.65. The Bertz CT molecular complexity index is 895. The van der Waals surface area contributed by atoms with Gasteiger partial charge in [0.15, 0.2) is 5.82 Å². The van der Waals surface area contributed by atoms with Crippen molar-refractivity contribution in [3.05, 3.63) is 36.0 Å². The van der Waals surface area contributed by atoms with Crippen LogP contribution in [0.25, 0.3) is 0 Å². The van der Waals surface area contributed by atoms with Gasteiger partial charge in [0.2, 0.25) is 15.9 Å². The molecule has 7 nitrogen and oxygen atoms in total. The molecule has 4 rings (SSSR count). The highest BCUT2D eigenvalue weighted by molar-refractivity contribution is 7.89. The van der Waals surface area contributed by atoms with Crippen LogP contribution in [-0.4, -0.2) is 43.1 Å². The topological polar surface area (TPSA) is 85.5 Å². The number of fused-ring (bicyclic) bond motifs is 1. The SMILES string of the molecule is COc1cccc(S(=O)(=O)N2C[C@H]3CCC[C@@]3(c3noc(C)n3)C2)c1. The minimum Gasteiger partial charge on any atom is -0.497 e. The number of aryl methyl sites for hydroxylation is 1. The molecule has 8 heteroatoms. The predicted molar refractivity (Wildman–Crippen MR) is 89.8 cm³/mol. The fourth-order valence-electron chi connectivity index (χ4n) is 4.20. The average molecular weight is 363 g/mol. The second-order valence-corrected chi connectivity index (χ2v) is 8.80. The molecule has 0 spiro atoms. The predicted octanol–water partition coefficient (Wildman–Crippen LogP) is 2.13. The second kappa shape index (κ2) is 5.81. The van der Waals surface area contributed by atoms with Crippen LogP contribution in [0.4, 0.5) is 0 Å². The number of ether oxygens (including phenoxy) is 1. The normalized spacial score (nSPS) is 26.7. The van der Waals surface area contributed by atoms with E-state index in [-0.39, 0.29) is 16.2 Å². The molecule has 1 aromatic heterocycles. The summed E-state index contributed by atoms with van der Waals surface area (Å²) in [5.74, 6) is 1.92. The van der Waals surface area contributed by atoms with Crippen molar-refractivity contribution in [2.75, 3.05) is 20.2 Å². The summed E-state index contributed by atoms with van der Waals surface area (Å²) in [5, 5.41) is 4.12. The number of aromatic nitrogens is 2. The molecule has 2 heterocycles. The lowest BCUT2D eigenvalue weighted by Crippen LogP contribution is -2.35. The quantitative estimate of drug-likeness (QED) is 0.827. The van der Waals surface area contributed by atoms with E-state index in [4.69, 9.17) is 9.26 Å². The lowest BCUT2D eigenvalue weighted by atomic mass is 9.80. The van der Waals surface area contributed by atoms with Gasteiger partial charge in [-0.05, 0) is 30.9 Å². The number of nitrogens with zero attached hydrogens (tertiary/aromatic N) is 3. The van der Waals surface area contributed by atoms with E-state index in [9.17, 15) is 8.42 Å². The van der Waals surface area contributed by atoms with E-state index in [1.165, 1.54) is 7.11 Å². The van der Waals surface area contributed by atoms with Crippen LogP contribution >= 0.6 is 0 Å². The fraction of sp³-hybridized carbons (Fsp3) is 0.529. The maximum absolute atomic E-state index is 13.1. The van der Waals surface area contributed by atoms with Gasteiger partial charge in [-0.2, -0.15) is 9.29 Å². The molecule has 1 saturated heterocycles. The minimum absolute atomic E-state index is 0.227. The van der Waals surface area contributed by atoms with Crippen LogP contribution in [0.2, 0.25) is 0 Å². The second-order valence-electron chi connectivity index (χ2n) is 6.86. The fourth-order valence-corrected chi connectivity index (χ4v) is 5.79. The standard InChI is InChI=1S/C17H21N3O4S/c1-12-18-16(19-24-12)17-8-4-5-13(17)10-20(11-17)25(21,22)15-7-3-6-14(9-15)23-2/h3,6-7,9,13H,4-5,8,10-11H2,1-2H3/t13-,17-/m1/s1. The summed E-state index contributed by atoms with van der Waals surface area (Å²) in [4.78, 5) is 4.68. The van der Waals surface area contributed by atoms with Crippen LogP contribution in [0.15, 0.2) is 33.7 Å². The molecular formula is C17H21N3O4S. The maximum Gasteiger partial charge on any atom is 0.243 e. The van der Waals surface area contributed by atoms with Crippen molar-refractivity contribution in [3.8, 4) is 5.75 Å². The number of sulfonamides is 1. The Hall–Kier alpha value is -1.93. The Labute approximate surface area is 147 Å². The summed E-state index contributed by atoms with van der Waals surface area (Å²) >= 11 is 0. The van der Waals surface area contributed by atoms with Crippen molar-refractivity contribution >= 4 is 10.0 Å². The first-order valence-electron chi connectivity index (χ1n) is 8.41. The Morgan fingerprint density at radius 1 is 1.40 bits per heavy atom. The first-order chi connectivity index (χ1) is 12.0. The van der Waals surface area contributed by atoms with Crippen molar-refractivity contribution in [2.45, 2.75) is 36.5 Å². The summed E-state index contributed by atoms with van der Waals surface area (Å²) < 4.78 is 38.1. The Kier molecular flexibility index (Phi) is 3.84. The number of hydrogen-bond donors (Lipinski definition) is 0. The highest BCUT2D eigenvalue weighted by Crippen LogP contribution is 2.50. The van der Waals surface area contributed by atoms with E-state index in [0.717, 1.165) is 19.3 Å². The van der Waals surface area contributed by atoms with Crippen molar-refractivity contribution in [1.29, 1.82) is 0 Å². The van der Waals surface area contributed by atoms with Crippen molar-refractivity contribution in [3.63, 3.8) is 0 Å². The first-order valence-corrected chi connectivity index (χ1v) is 9.85. The average Bonchev–Trinajstić information content (AvgIpc) is 3.28. The highest BCUT2D eigenvalue weighted by atomic mass is 32.2. The summed E-state index contributed by atoms with van der Waals surface area (Å²) in [5.41, 5.74) is -0.330. The smallest absolute Gasteiger partial charge is 0.243 e. The minimum atomic E-state index is -3.59. The van der Waals surface area contributed by atoms with Gasteiger partial charge >= 0.3 is 0 Å². The van der Waals surface area contributed by atoms with E-state index in [1.54, 1.807) is 35.5 Å². The number of rotatable bonds is 4. The highest BCUT2D eigenvalue weighted by Gasteiger charge is 2.55. The summed E-state index contributed by atoms with van der Waals surface area (Å²) in [7, 11) is -2.06. The van der Waals surface area contributed by atoms with Gasteiger partial charge in [-0.1, -0.05) is 17.6 Å². The zero-order valence-corrected chi connectivity index (χ0v) is 15.1. The monoisotopic (exact) mass is 363 g/mol. The van der Waals surface area contributed by atoms with Crippen molar-refractivity contribution in [1.82, 2.24) is 14.4 Å². The molecule has 2 atom stereocenters. The van der Waals surface area contributed by atoms with Gasteiger partial charge in [0.05, 0.1) is 17.4 Å². The van der Waals surface area contributed by atoms with Crippen LogP contribution in [0.1, 0.15) is 31.0 Å². The van der Waals surface area contributed by atoms with E-state index in [2.05, 4.69) is 10.1 Å². The maximum atomic E-state index is 13.1. The molecule has 2 aromatic rings. The van der Waals surface area contributed by atoms with Gasteiger partial charge in [0.25, 0.3) is 0 Å². The van der Waals surface area contributed by atoms with E-state index < -0.39 is 10.0 Å². The summed E-state index contributed by atoms with van der Waals surface area (Å²) in [6, 6.07) is 6.61. The molecular weight excluding hydrogens is 342 g/mol. The molecule has 0 amide bonds.